The molecule has 0 aliphatic carbocycles. The summed E-state index contributed by atoms with van der Waals surface area (Å²) in [6, 6.07) is 17.8. The van der Waals surface area contributed by atoms with Gasteiger partial charge in [-0.05, 0) is 49.0 Å². The first-order valence-corrected chi connectivity index (χ1v) is 14.1. The molecule has 1 heterocycles. The van der Waals surface area contributed by atoms with Crippen molar-refractivity contribution in [1.29, 1.82) is 0 Å². The number of benzene rings is 3. The van der Waals surface area contributed by atoms with Crippen LogP contribution < -0.4 is 15.4 Å². The lowest BCUT2D eigenvalue weighted by Crippen LogP contribution is -2.48. The number of aliphatic carboxylic acids is 1. The Labute approximate surface area is 232 Å². The molecule has 3 amide bonds. The van der Waals surface area contributed by atoms with Crippen LogP contribution in [-0.2, 0) is 21.1 Å². The standard InChI is InChI=1S/C28H30N4O7S/c1-31-15-17-32(18-16-31)28(36)39-21-13-11-20(12-14-21)19-24(26(33)34)30-27(35)29-23-9-5-6-10-25(23)40(37,38)22-7-3-2-4-8-22/h2-14,24H,15-19H2,1H3,(H,33,34)(H2,29,30,35). The maximum atomic E-state index is 13.1. The Balaban J connectivity index is 1.38. The highest BCUT2D eigenvalue weighted by Gasteiger charge is 2.25. The molecular formula is C28H30N4O7S. The first-order valence-electron chi connectivity index (χ1n) is 12.6. The number of rotatable bonds is 8. The van der Waals surface area contributed by atoms with Gasteiger partial charge in [-0.25, -0.2) is 22.8 Å². The van der Waals surface area contributed by atoms with Crippen molar-refractivity contribution in [2.24, 2.45) is 0 Å². The Kier molecular flexibility index (Phi) is 9.02. The van der Waals surface area contributed by atoms with Gasteiger partial charge in [0.25, 0.3) is 0 Å². The van der Waals surface area contributed by atoms with Crippen molar-refractivity contribution in [2.45, 2.75) is 22.3 Å². The van der Waals surface area contributed by atoms with Gasteiger partial charge < -0.3 is 30.3 Å². The van der Waals surface area contributed by atoms with Gasteiger partial charge in [0.05, 0.1) is 15.5 Å². The summed E-state index contributed by atoms with van der Waals surface area (Å²) in [5.41, 5.74) is 0.596. The summed E-state index contributed by atoms with van der Waals surface area (Å²) in [7, 11) is -1.95. The number of nitrogens with zero attached hydrogens (tertiary/aromatic N) is 2. The highest BCUT2D eigenvalue weighted by molar-refractivity contribution is 7.91. The smallest absolute Gasteiger partial charge is 0.415 e. The normalized spacial score (nSPS) is 14.7. The maximum Gasteiger partial charge on any atom is 0.415 e. The minimum absolute atomic E-state index is 0.0134. The number of ether oxygens (including phenoxy) is 1. The zero-order chi connectivity index (χ0) is 28.7. The molecule has 3 aromatic carbocycles. The molecule has 0 radical (unpaired) electrons. The summed E-state index contributed by atoms with van der Waals surface area (Å²) >= 11 is 0. The number of carboxylic acid groups (broad SMARTS) is 1. The second-order valence-electron chi connectivity index (χ2n) is 9.31. The van der Waals surface area contributed by atoms with Crippen molar-refractivity contribution in [3.63, 3.8) is 0 Å². The molecule has 12 heteroatoms. The van der Waals surface area contributed by atoms with Crippen LogP contribution in [0.25, 0.3) is 0 Å². The third-order valence-corrected chi connectivity index (χ3v) is 8.24. The van der Waals surface area contributed by atoms with Crippen LogP contribution in [0.3, 0.4) is 0 Å². The molecule has 0 saturated carbocycles. The summed E-state index contributed by atoms with van der Waals surface area (Å²) in [4.78, 5) is 40.7. The first kappa shape index (κ1) is 28.6. The molecular weight excluding hydrogens is 536 g/mol. The minimum atomic E-state index is -3.93. The van der Waals surface area contributed by atoms with E-state index in [0.717, 1.165) is 13.1 Å². The fourth-order valence-corrected chi connectivity index (χ4v) is 5.57. The number of carbonyl (C=O) groups is 3. The summed E-state index contributed by atoms with van der Waals surface area (Å²) in [6.45, 7) is 2.67. The Morgan fingerprint density at radius 1 is 0.900 bits per heavy atom. The van der Waals surface area contributed by atoms with Crippen LogP contribution >= 0.6 is 0 Å². The second-order valence-corrected chi connectivity index (χ2v) is 11.2. The molecule has 1 atom stereocenters. The van der Waals surface area contributed by atoms with E-state index in [2.05, 4.69) is 15.5 Å². The number of urea groups is 1. The number of amides is 3. The molecule has 40 heavy (non-hydrogen) atoms. The fraction of sp³-hybridized carbons (Fsp3) is 0.250. The van der Waals surface area contributed by atoms with Crippen molar-refractivity contribution in [3.05, 3.63) is 84.4 Å². The molecule has 3 N–H and O–H groups in total. The summed E-state index contributed by atoms with van der Waals surface area (Å²) in [5.74, 6) is -0.951. The largest absolute Gasteiger partial charge is 0.480 e. The van der Waals surface area contributed by atoms with E-state index < -0.39 is 34.0 Å². The van der Waals surface area contributed by atoms with Gasteiger partial charge in [-0.3, -0.25) is 0 Å². The van der Waals surface area contributed by atoms with Crippen molar-refractivity contribution in [1.82, 2.24) is 15.1 Å². The van der Waals surface area contributed by atoms with E-state index in [1.54, 1.807) is 53.4 Å². The molecule has 1 aliphatic heterocycles. The van der Waals surface area contributed by atoms with Crippen LogP contribution in [0, 0.1) is 0 Å². The number of hydrogen-bond acceptors (Lipinski definition) is 7. The summed E-state index contributed by atoms with van der Waals surface area (Å²) in [6.07, 6.45) is -0.503. The van der Waals surface area contributed by atoms with Crippen LogP contribution in [0.2, 0.25) is 0 Å². The molecule has 1 fully saturated rings. The van der Waals surface area contributed by atoms with E-state index in [-0.39, 0.29) is 21.9 Å². The van der Waals surface area contributed by atoms with E-state index in [9.17, 15) is 27.9 Å². The van der Waals surface area contributed by atoms with Crippen molar-refractivity contribution >= 4 is 33.6 Å². The van der Waals surface area contributed by atoms with E-state index in [0.29, 0.717) is 24.4 Å². The lowest BCUT2D eigenvalue weighted by molar-refractivity contribution is -0.139. The topological polar surface area (TPSA) is 145 Å². The van der Waals surface area contributed by atoms with Gasteiger partial charge >= 0.3 is 18.1 Å². The Morgan fingerprint density at radius 3 is 2.17 bits per heavy atom. The van der Waals surface area contributed by atoms with E-state index >= 15 is 0 Å². The van der Waals surface area contributed by atoms with Crippen molar-refractivity contribution < 1.29 is 32.6 Å². The molecule has 1 unspecified atom stereocenters. The number of hydrogen-bond donors (Lipinski definition) is 3. The van der Waals surface area contributed by atoms with Crippen LogP contribution in [0.4, 0.5) is 15.3 Å². The third-order valence-electron chi connectivity index (χ3n) is 6.41. The minimum Gasteiger partial charge on any atom is -0.480 e. The number of piperazine rings is 1. The lowest BCUT2D eigenvalue weighted by atomic mass is 10.1. The van der Waals surface area contributed by atoms with Crippen LogP contribution in [0.1, 0.15) is 5.56 Å². The van der Waals surface area contributed by atoms with Gasteiger partial charge in [-0.2, -0.15) is 0 Å². The zero-order valence-electron chi connectivity index (χ0n) is 21.8. The monoisotopic (exact) mass is 566 g/mol. The number of sulfone groups is 1. The zero-order valence-corrected chi connectivity index (χ0v) is 22.6. The molecule has 1 aliphatic rings. The molecule has 0 spiro atoms. The highest BCUT2D eigenvalue weighted by atomic mass is 32.2. The van der Waals surface area contributed by atoms with Gasteiger partial charge in [0, 0.05) is 32.6 Å². The van der Waals surface area contributed by atoms with Gasteiger partial charge in [-0.15, -0.1) is 0 Å². The Bertz CT molecular complexity index is 1460. The molecule has 11 nitrogen and oxygen atoms in total. The molecule has 0 aromatic heterocycles. The predicted octanol–water partition coefficient (Wildman–Crippen LogP) is 3.08. The predicted molar refractivity (Wildman–Crippen MR) is 147 cm³/mol. The van der Waals surface area contributed by atoms with E-state index in [1.165, 1.54) is 30.3 Å². The lowest BCUT2D eigenvalue weighted by Gasteiger charge is -2.31. The van der Waals surface area contributed by atoms with Crippen molar-refractivity contribution in [3.8, 4) is 5.75 Å². The first-order chi connectivity index (χ1) is 19.1. The van der Waals surface area contributed by atoms with Gasteiger partial charge in [-0.1, -0.05) is 42.5 Å². The maximum absolute atomic E-state index is 13.1. The fourth-order valence-electron chi connectivity index (χ4n) is 4.13. The van der Waals surface area contributed by atoms with E-state index in [1.807, 2.05) is 7.05 Å². The van der Waals surface area contributed by atoms with Crippen LogP contribution in [0.5, 0.6) is 5.75 Å². The number of para-hydroxylation sites is 1. The quantitative estimate of drug-likeness (QED) is 0.377. The number of carbonyl (C=O) groups excluding carboxylic acids is 2. The molecule has 3 aromatic rings. The Hall–Kier alpha value is -4.42. The number of nitrogens with one attached hydrogen (secondary N) is 2. The average molecular weight is 567 g/mol. The molecule has 4 rings (SSSR count). The van der Waals surface area contributed by atoms with E-state index in [4.69, 9.17) is 4.74 Å². The van der Waals surface area contributed by atoms with Crippen molar-refractivity contribution in [2.75, 3.05) is 38.5 Å². The highest BCUT2D eigenvalue weighted by Crippen LogP contribution is 2.27. The average Bonchev–Trinajstić information content (AvgIpc) is 2.94. The SMILES string of the molecule is CN1CCN(C(=O)Oc2ccc(CC(NC(=O)Nc3ccccc3S(=O)(=O)c3ccccc3)C(=O)O)cc2)CC1. The molecule has 210 valence electrons. The van der Waals surface area contributed by atoms with Gasteiger partial charge in [0.15, 0.2) is 0 Å². The summed E-state index contributed by atoms with van der Waals surface area (Å²) < 4.78 is 31.6. The summed E-state index contributed by atoms with van der Waals surface area (Å²) in [5, 5.41) is 14.6. The van der Waals surface area contributed by atoms with Gasteiger partial charge in [0.2, 0.25) is 9.84 Å². The Morgan fingerprint density at radius 2 is 1.52 bits per heavy atom. The number of likely N-dealkylation sites (N-methyl/N-ethyl adjacent to an activating group) is 1. The third kappa shape index (κ3) is 7.16. The van der Waals surface area contributed by atoms with Crippen LogP contribution in [0.15, 0.2) is 88.7 Å². The molecule has 1 saturated heterocycles. The van der Waals surface area contributed by atoms with Crippen LogP contribution in [-0.4, -0.2) is 80.7 Å². The number of carboxylic acids is 1. The van der Waals surface area contributed by atoms with Gasteiger partial charge in [0.1, 0.15) is 11.8 Å². The second kappa shape index (κ2) is 12.6. The molecule has 0 bridgehead atoms. The number of anilines is 1.